The summed E-state index contributed by atoms with van der Waals surface area (Å²) in [6.45, 7) is 0.500. The minimum Gasteiger partial charge on any atom is -0.480 e. The number of likely N-dealkylation sites (N-methyl/N-ethyl adjacent to an activating group) is 1. The number of aliphatic hydroxyl groups is 1. The minimum atomic E-state index is -0.744. The van der Waals surface area contributed by atoms with E-state index in [0.717, 1.165) is 38.5 Å². The molecule has 0 saturated heterocycles. The molecule has 16 heavy (non-hydrogen) atoms. The molecule has 2 aliphatic rings. The smallest absolute Gasteiger partial charge is 0.321 e. The molecule has 0 aromatic carbocycles. The second-order valence-electron chi connectivity index (χ2n) is 5.47. The SMILES string of the molecule is CN(CC1(O)CCCC1)C(C(=O)O)C1CC1. The van der Waals surface area contributed by atoms with E-state index < -0.39 is 17.6 Å². The van der Waals surface area contributed by atoms with Crippen molar-refractivity contribution in [2.75, 3.05) is 13.6 Å². The molecule has 4 heteroatoms. The highest BCUT2D eigenvalue weighted by molar-refractivity contribution is 5.74. The highest BCUT2D eigenvalue weighted by atomic mass is 16.4. The topological polar surface area (TPSA) is 60.8 Å². The fourth-order valence-corrected chi connectivity index (χ4v) is 2.92. The molecule has 0 spiro atoms. The van der Waals surface area contributed by atoms with E-state index in [1.54, 1.807) is 0 Å². The average molecular weight is 227 g/mol. The van der Waals surface area contributed by atoms with E-state index in [4.69, 9.17) is 0 Å². The van der Waals surface area contributed by atoms with Gasteiger partial charge in [0.25, 0.3) is 0 Å². The van der Waals surface area contributed by atoms with Crippen LogP contribution in [-0.2, 0) is 4.79 Å². The van der Waals surface area contributed by atoms with Crippen LogP contribution in [0.15, 0.2) is 0 Å². The third-order valence-corrected chi connectivity index (χ3v) is 3.87. The van der Waals surface area contributed by atoms with E-state index in [1.165, 1.54) is 0 Å². The largest absolute Gasteiger partial charge is 0.480 e. The van der Waals surface area contributed by atoms with Gasteiger partial charge in [-0.25, -0.2) is 0 Å². The maximum Gasteiger partial charge on any atom is 0.321 e. The van der Waals surface area contributed by atoms with E-state index in [9.17, 15) is 15.0 Å². The van der Waals surface area contributed by atoms with Crippen LogP contribution in [0.3, 0.4) is 0 Å². The van der Waals surface area contributed by atoms with E-state index in [0.29, 0.717) is 12.5 Å². The number of rotatable bonds is 5. The van der Waals surface area contributed by atoms with Crippen LogP contribution in [0.25, 0.3) is 0 Å². The molecule has 0 heterocycles. The van der Waals surface area contributed by atoms with E-state index in [1.807, 2.05) is 11.9 Å². The van der Waals surface area contributed by atoms with Crippen LogP contribution < -0.4 is 0 Å². The molecule has 0 aliphatic heterocycles. The Kier molecular flexibility index (Phi) is 3.22. The van der Waals surface area contributed by atoms with Crippen molar-refractivity contribution in [3.05, 3.63) is 0 Å². The van der Waals surface area contributed by atoms with Crippen molar-refractivity contribution in [3.8, 4) is 0 Å². The van der Waals surface area contributed by atoms with Crippen LogP contribution in [0.2, 0.25) is 0 Å². The second kappa shape index (κ2) is 4.34. The molecule has 4 nitrogen and oxygen atoms in total. The van der Waals surface area contributed by atoms with Crippen molar-refractivity contribution in [3.63, 3.8) is 0 Å². The molecule has 0 bridgehead atoms. The lowest BCUT2D eigenvalue weighted by Gasteiger charge is -2.32. The van der Waals surface area contributed by atoms with Crippen molar-refractivity contribution in [2.24, 2.45) is 5.92 Å². The van der Waals surface area contributed by atoms with Crippen molar-refractivity contribution in [1.82, 2.24) is 4.90 Å². The summed E-state index contributed by atoms with van der Waals surface area (Å²) in [4.78, 5) is 13.0. The van der Waals surface area contributed by atoms with Gasteiger partial charge in [-0.2, -0.15) is 0 Å². The van der Waals surface area contributed by atoms with Gasteiger partial charge in [0.2, 0.25) is 0 Å². The Morgan fingerprint density at radius 3 is 2.44 bits per heavy atom. The first-order valence-corrected chi connectivity index (χ1v) is 6.17. The standard InChI is InChI=1S/C12H21NO3/c1-13(8-12(16)6-2-3-7-12)10(11(14)15)9-4-5-9/h9-10,16H,2-8H2,1H3,(H,14,15). The van der Waals surface area contributed by atoms with Gasteiger partial charge >= 0.3 is 5.97 Å². The van der Waals surface area contributed by atoms with Crippen LogP contribution in [0.1, 0.15) is 38.5 Å². The van der Waals surface area contributed by atoms with Gasteiger partial charge in [0.1, 0.15) is 6.04 Å². The Hall–Kier alpha value is -0.610. The Labute approximate surface area is 96.3 Å². The molecule has 2 N–H and O–H groups in total. The van der Waals surface area contributed by atoms with Crippen LogP contribution in [0.4, 0.5) is 0 Å². The van der Waals surface area contributed by atoms with E-state index in [2.05, 4.69) is 0 Å². The Balaban J connectivity index is 1.94. The molecule has 92 valence electrons. The fourth-order valence-electron chi connectivity index (χ4n) is 2.92. The van der Waals surface area contributed by atoms with Crippen molar-refractivity contribution >= 4 is 5.97 Å². The lowest BCUT2D eigenvalue weighted by molar-refractivity contribution is -0.144. The molecule has 2 aliphatic carbocycles. The highest BCUT2D eigenvalue weighted by Crippen LogP contribution is 2.37. The summed E-state index contributed by atoms with van der Waals surface area (Å²) >= 11 is 0. The predicted molar refractivity (Wildman–Crippen MR) is 60.2 cm³/mol. The number of nitrogens with zero attached hydrogens (tertiary/aromatic N) is 1. The Bertz CT molecular complexity index is 269. The molecule has 0 amide bonds. The summed E-state index contributed by atoms with van der Waals surface area (Å²) < 4.78 is 0. The highest BCUT2D eigenvalue weighted by Gasteiger charge is 2.42. The lowest BCUT2D eigenvalue weighted by atomic mass is 10.0. The molecular weight excluding hydrogens is 206 g/mol. The molecule has 0 aromatic rings. The summed E-state index contributed by atoms with van der Waals surface area (Å²) in [5.74, 6) is -0.445. The Morgan fingerprint density at radius 1 is 1.44 bits per heavy atom. The van der Waals surface area contributed by atoms with Crippen LogP contribution in [0.5, 0.6) is 0 Å². The van der Waals surface area contributed by atoms with Crippen molar-refractivity contribution < 1.29 is 15.0 Å². The first-order valence-electron chi connectivity index (χ1n) is 6.17. The van der Waals surface area contributed by atoms with Crippen LogP contribution >= 0.6 is 0 Å². The first-order chi connectivity index (χ1) is 7.52. The van der Waals surface area contributed by atoms with Crippen molar-refractivity contribution in [1.29, 1.82) is 0 Å². The van der Waals surface area contributed by atoms with Gasteiger partial charge < -0.3 is 10.2 Å². The summed E-state index contributed by atoms with van der Waals surface area (Å²) in [5.41, 5.74) is -0.642. The van der Waals surface area contributed by atoms with Crippen LogP contribution in [0, 0.1) is 5.92 Å². The van der Waals surface area contributed by atoms with Gasteiger partial charge in [0, 0.05) is 6.54 Å². The van der Waals surface area contributed by atoms with E-state index in [-0.39, 0.29) is 0 Å². The molecular formula is C12H21NO3. The second-order valence-corrected chi connectivity index (χ2v) is 5.47. The summed E-state index contributed by atoms with van der Waals surface area (Å²) in [6.07, 6.45) is 5.78. The number of carboxylic acid groups (broad SMARTS) is 1. The van der Waals surface area contributed by atoms with Gasteiger partial charge in [-0.05, 0) is 38.6 Å². The predicted octanol–water partition coefficient (Wildman–Crippen LogP) is 1.09. The zero-order chi connectivity index (χ0) is 11.8. The number of hydrogen-bond acceptors (Lipinski definition) is 3. The van der Waals surface area contributed by atoms with Gasteiger partial charge in [0.05, 0.1) is 5.60 Å². The summed E-state index contributed by atoms with van der Waals surface area (Å²) in [7, 11) is 1.83. The summed E-state index contributed by atoms with van der Waals surface area (Å²) in [5, 5.41) is 19.4. The third-order valence-electron chi connectivity index (χ3n) is 3.87. The van der Waals surface area contributed by atoms with Gasteiger partial charge in [-0.3, -0.25) is 9.69 Å². The van der Waals surface area contributed by atoms with E-state index >= 15 is 0 Å². The molecule has 1 unspecified atom stereocenters. The van der Waals surface area contributed by atoms with Crippen molar-refractivity contribution in [2.45, 2.75) is 50.2 Å². The molecule has 0 radical (unpaired) electrons. The first kappa shape index (κ1) is 11.9. The number of carbonyl (C=O) groups is 1. The molecule has 2 rings (SSSR count). The minimum absolute atomic E-state index is 0.299. The molecule has 2 fully saturated rings. The molecule has 1 atom stereocenters. The van der Waals surface area contributed by atoms with Gasteiger partial charge in [0.15, 0.2) is 0 Å². The monoisotopic (exact) mass is 227 g/mol. The summed E-state index contributed by atoms with van der Waals surface area (Å²) in [6, 6.07) is -0.398. The zero-order valence-electron chi connectivity index (χ0n) is 9.85. The Morgan fingerprint density at radius 2 is 2.00 bits per heavy atom. The van der Waals surface area contributed by atoms with Gasteiger partial charge in [-0.1, -0.05) is 12.8 Å². The lowest BCUT2D eigenvalue weighted by Crippen LogP contribution is -2.48. The fraction of sp³-hybridized carbons (Fsp3) is 0.917. The molecule has 2 saturated carbocycles. The van der Waals surface area contributed by atoms with Gasteiger partial charge in [-0.15, -0.1) is 0 Å². The quantitative estimate of drug-likeness (QED) is 0.738. The van der Waals surface area contributed by atoms with Crippen LogP contribution in [-0.4, -0.2) is 46.3 Å². The number of carboxylic acids is 1. The number of aliphatic carboxylic acids is 1. The normalized spacial score (nSPS) is 25.9. The molecule has 0 aromatic heterocycles. The maximum atomic E-state index is 11.2. The number of hydrogen-bond donors (Lipinski definition) is 2. The third kappa shape index (κ3) is 2.55. The zero-order valence-corrected chi connectivity index (χ0v) is 9.85. The average Bonchev–Trinajstić information content (AvgIpc) is 2.89. The maximum absolute atomic E-state index is 11.2.